The van der Waals surface area contributed by atoms with Crippen molar-refractivity contribution in [3.05, 3.63) is 46.8 Å². The standard InChI is InChI=1S/C24H37BrN4O5Si/c1-24(2,3)29(23(31)32)19(10-8-7-9-11-20(30)18-12-13-34-27-18)22-26-21(25)16-28(22)17-33-14-15-35(4,5)6/h7-8,12-13,16,19H,9-11,14-15,17H2,1-6H3,(H,31,32)/b8-7+/t19-/m0/s1. The van der Waals surface area contributed by atoms with E-state index in [-0.39, 0.29) is 5.78 Å². The van der Waals surface area contributed by atoms with Crippen LogP contribution < -0.4 is 0 Å². The number of hydrogen-bond donors (Lipinski definition) is 1. The number of hydrogen-bond acceptors (Lipinski definition) is 6. The largest absolute Gasteiger partial charge is 0.465 e. The second-order valence-electron chi connectivity index (χ2n) is 10.6. The van der Waals surface area contributed by atoms with E-state index in [9.17, 15) is 14.7 Å². The van der Waals surface area contributed by atoms with Gasteiger partial charge in [-0.1, -0.05) is 36.9 Å². The molecule has 194 valence electrons. The van der Waals surface area contributed by atoms with Gasteiger partial charge < -0.3 is 18.9 Å². The maximum Gasteiger partial charge on any atom is 0.408 e. The van der Waals surface area contributed by atoms with Gasteiger partial charge in [0.2, 0.25) is 0 Å². The molecule has 0 bridgehead atoms. The molecule has 1 amide bonds. The number of ether oxygens (including phenoxy) is 1. The van der Waals surface area contributed by atoms with E-state index in [0.29, 0.717) is 48.7 Å². The lowest BCUT2D eigenvalue weighted by atomic mass is 10.0. The molecule has 2 aromatic heterocycles. The van der Waals surface area contributed by atoms with Gasteiger partial charge in [-0.05, 0) is 55.6 Å². The number of imidazole rings is 1. The smallest absolute Gasteiger partial charge is 0.408 e. The summed E-state index contributed by atoms with van der Waals surface area (Å²) >= 11 is 3.44. The molecule has 9 nitrogen and oxygen atoms in total. The molecule has 0 radical (unpaired) electrons. The van der Waals surface area contributed by atoms with Crippen molar-refractivity contribution in [2.45, 2.75) is 84.0 Å². The molecule has 1 atom stereocenters. The number of carboxylic acid groups (broad SMARTS) is 1. The maximum absolute atomic E-state index is 12.3. The third-order valence-corrected chi connectivity index (χ3v) is 7.42. The predicted octanol–water partition coefficient (Wildman–Crippen LogP) is 6.37. The number of nitrogens with zero attached hydrogens (tertiary/aromatic N) is 4. The second-order valence-corrected chi connectivity index (χ2v) is 17.1. The van der Waals surface area contributed by atoms with E-state index in [1.54, 1.807) is 6.07 Å². The van der Waals surface area contributed by atoms with Gasteiger partial charge in [-0.3, -0.25) is 9.69 Å². The Balaban J connectivity index is 2.18. The summed E-state index contributed by atoms with van der Waals surface area (Å²) in [5, 5.41) is 13.8. The Morgan fingerprint density at radius 2 is 2.03 bits per heavy atom. The van der Waals surface area contributed by atoms with Crippen molar-refractivity contribution < 1.29 is 24.0 Å². The molecule has 0 aliphatic heterocycles. The Morgan fingerprint density at radius 1 is 1.31 bits per heavy atom. The van der Waals surface area contributed by atoms with Gasteiger partial charge in [0.05, 0.1) is 6.04 Å². The fraction of sp³-hybridized carbons (Fsp3) is 0.583. The minimum atomic E-state index is -1.22. The summed E-state index contributed by atoms with van der Waals surface area (Å²) in [6.45, 7) is 13.4. The number of ketones is 1. The molecule has 35 heavy (non-hydrogen) atoms. The maximum atomic E-state index is 12.3. The van der Waals surface area contributed by atoms with Gasteiger partial charge in [0, 0.05) is 38.9 Å². The fourth-order valence-corrected chi connectivity index (χ4v) is 4.75. The van der Waals surface area contributed by atoms with Crippen molar-refractivity contribution in [1.82, 2.24) is 19.6 Å². The number of carbonyl (C=O) groups excluding carboxylic acids is 1. The highest BCUT2D eigenvalue weighted by Gasteiger charge is 2.36. The molecule has 0 spiro atoms. The zero-order chi connectivity index (χ0) is 26.2. The van der Waals surface area contributed by atoms with Crippen LogP contribution in [0, 0.1) is 0 Å². The van der Waals surface area contributed by atoms with Gasteiger partial charge in [0.15, 0.2) is 5.78 Å². The van der Waals surface area contributed by atoms with Crippen LogP contribution in [-0.2, 0) is 11.5 Å². The fourth-order valence-electron chi connectivity index (χ4n) is 3.56. The Morgan fingerprint density at radius 3 is 2.60 bits per heavy atom. The average molecular weight is 570 g/mol. The molecular formula is C24H37BrN4O5Si. The first kappa shape index (κ1) is 29.0. The van der Waals surface area contributed by atoms with E-state index in [2.05, 4.69) is 45.7 Å². The van der Waals surface area contributed by atoms with Crippen LogP contribution in [0.15, 0.2) is 39.8 Å². The van der Waals surface area contributed by atoms with Crippen molar-refractivity contribution >= 4 is 35.9 Å². The van der Waals surface area contributed by atoms with Crippen LogP contribution in [0.25, 0.3) is 0 Å². The van der Waals surface area contributed by atoms with Crippen molar-refractivity contribution in [2.24, 2.45) is 0 Å². The van der Waals surface area contributed by atoms with Gasteiger partial charge in [-0.25, -0.2) is 9.78 Å². The number of amides is 1. The van der Waals surface area contributed by atoms with Gasteiger partial charge in [0.25, 0.3) is 0 Å². The quantitative estimate of drug-likeness (QED) is 0.129. The summed E-state index contributed by atoms with van der Waals surface area (Å²) in [6.07, 6.45) is 7.17. The van der Waals surface area contributed by atoms with Gasteiger partial charge in [-0.15, -0.1) is 0 Å². The predicted molar refractivity (Wildman–Crippen MR) is 140 cm³/mol. The van der Waals surface area contributed by atoms with Crippen LogP contribution in [0.3, 0.4) is 0 Å². The van der Waals surface area contributed by atoms with Crippen molar-refractivity contribution in [3.8, 4) is 0 Å². The third-order valence-electron chi connectivity index (χ3n) is 5.33. The molecule has 2 rings (SSSR count). The molecule has 0 unspecified atom stereocenters. The molecule has 0 aliphatic rings. The molecule has 0 aliphatic carbocycles. The van der Waals surface area contributed by atoms with Gasteiger partial charge in [-0.2, -0.15) is 0 Å². The van der Waals surface area contributed by atoms with Crippen molar-refractivity contribution in [3.63, 3.8) is 0 Å². The van der Waals surface area contributed by atoms with Gasteiger partial charge >= 0.3 is 6.09 Å². The SMILES string of the molecule is CC(C)(C)N(C(=O)O)[C@@H](C/C=C/CCC(=O)c1ccon1)c1nc(Br)cn1COCC[Si](C)(C)C. The first-order valence-electron chi connectivity index (χ1n) is 11.7. The van der Waals surface area contributed by atoms with Crippen molar-refractivity contribution in [1.29, 1.82) is 0 Å². The Kier molecular flexibility index (Phi) is 10.5. The van der Waals surface area contributed by atoms with E-state index in [4.69, 9.17) is 9.26 Å². The van der Waals surface area contributed by atoms with Crippen LogP contribution in [-0.4, -0.2) is 56.8 Å². The summed E-state index contributed by atoms with van der Waals surface area (Å²) in [7, 11) is -1.22. The van der Waals surface area contributed by atoms with Gasteiger partial charge in [0.1, 0.15) is 29.1 Å². The Bertz CT molecular complexity index is 993. The molecular weight excluding hydrogens is 532 g/mol. The highest BCUT2D eigenvalue weighted by molar-refractivity contribution is 9.10. The molecule has 1 N–H and O–H groups in total. The highest BCUT2D eigenvalue weighted by atomic mass is 79.9. The normalized spacial score (nSPS) is 13.3. The Hall–Kier alpha value is -2.24. The monoisotopic (exact) mass is 568 g/mol. The van der Waals surface area contributed by atoms with E-state index in [1.807, 2.05) is 43.7 Å². The Labute approximate surface area is 216 Å². The third kappa shape index (κ3) is 9.38. The first-order chi connectivity index (χ1) is 16.3. The highest BCUT2D eigenvalue weighted by Crippen LogP contribution is 2.32. The summed E-state index contributed by atoms with van der Waals surface area (Å²) in [4.78, 5) is 30.5. The van der Waals surface area contributed by atoms with E-state index < -0.39 is 25.7 Å². The average Bonchev–Trinajstić information content (AvgIpc) is 3.37. The number of halogens is 1. The van der Waals surface area contributed by atoms with Crippen molar-refractivity contribution in [2.75, 3.05) is 6.61 Å². The first-order valence-corrected chi connectivity index (χ1v) is 16.2. The zero-order valence-corrected chi connectivity index (χ0v) is 24.0. The zero-order valence-electron chi connectivity index (χ0n) is 21.5. The minimum Gasteiger partial charge on any atom is -0.465 e. The molecule has 0 fully saturated rings. The molecule has 0 saturated carbocycles. The molecule has 0 aromatic carbocycles. The van der Waals surface area contributed by atoms with Crippen LogP contribution in [0.4, 0.5) is 4.79 Å². The summed E-state index contributed by atoms with van der Waals surface area (Å²) in [5.74, 6) is 0.502. The topological polar surface area (TPSA) is 111 Å². The van der Waals surface area contributed by atoms with Crippen LogP contribution in [0.2, 0.25) is 25.7 Å². The second kappa shape index (κ2) is 12.6. The number of rotatable bonds is 13. The van der Waals surface area contributed by atoms with E-state index >= 15 is 0 Å². The summed E-state index contributed by atoms with van der Waals surface area (Å²) < 4.78 is 13.1. The van der Waals surface area contributed by atoms with E-state index in [0.717, 1.165) is 6.04 Å². The lowest BCUT2D eigenvalue weighted by Crippen LogP contribution is -2.47. The molecule has 0 saturated heterocycles. The lowest BCUT2D eigenvalue weighted by molar-refractivity contribution is 0.0550. The lowest BCUT2D eigenvalue weighted by Gasteiger charge is -2.39. The molecule has 11 heteroatoms. The minimum absolute atomic E-state index is 0.100. The van der Waals surface area contributed by atoms with Crippen LogP contribution in [0.1, 0.15) is 62.4 Å². The summed E-state index contributed by atoms with van der Waals surface area (Å²) in [5.41, 5.74) is -0.350. The number of Topliss-reactive ketones (excluding diaryl/α,β-unsaturated/α-hetero) is 1. The number of carbonyl (C=O) groups is 2. The van der Waals surface area contributed by atoms with Crippen LogP contribution in [0.5, 0.6) is 0 Å². The number of aromatic nitrogens is 3. The molecule has 2 aromatic rings. The number of allylic oxidation sites excluding steroid dienone is 1. The van der Waals surface area contributed by atoms with E-state index in [1.165, 1.54) is 11.2 Å². The molecule has 2 heterocycles. The summed E-state index contributed by atoms with van der Waals surface area (Å²) in [6, 6.07) is 2.04. The van der Waals surface area contributed by atoms with Crippen LogP contribution >= 0.6 is 15.9 Å².